The Morgan fingerprint density at radius 1 is 1.00 bits per heavy atom. The van der Waals surface area contributed by atoms with Gasteiger partial charge in [-0.25, -0.2) is 0 Å². The van der Waals surface area contributed by atoms with E-state index >= 15 is 0 Å². The minimum Gasteiger partial charge on any atom is -0.0720 e. The van der Waals surface area contributed by atoms with Crippen LogP contribution in [0.1, 0.15) is 54.4 Å². The van der Waals surface area contributed by atoms with Crippen LogP contribution >= 0.6 is 0 Å². The molecular weight excluding hydrogens is 228 g/mol. The van der Waals surface area contributed by atoms with Crippen LogP contribution in [-0.2, 0) is 0 Å². The zero-order chi connectivity index (χ0) is 13.2. The molecule has 0 amide bonds. The van der Waals surface area contributed by atoms with Gasteiger partial charge in [-0.1, -0.05) is 74.5 Å². The minimum atomic E-state index is 0.433. The zero-order valence-corrected chi connectivity index (χ0v) is 11.6. The summed E-state index contributed by atoms with van der Waals surface area (Å²) >= 11 is 0. The molecule has 19 heavy (non-hydrogen) atoms. The van der Waals surface area contributed by atoms with Crippen molar-refractivity contribution < 1.29 is 0 Å². The van der Waals surface area contributed by atoms with Crippen molar-refractivity contribution in [3.63, 3.8) is 0 Å². The molecule has 2 unspecified atom stereocenters. The Labute approximate surface area is 115 Å². The molecule has 96 valence electrons. The molecule has 3 rings (SSSR count). The number of hydrogen-bond donors (Lipinski definition) is 0. The standard InChI is InChI=1S/C19H20/c1-3-14(2)15-8-10-17(11-9-15)19-13-12-16-6-4-5-7-18(16)19/h4-14,19H,3H2,1-2H3. The highest BCUT2D eigenvalue weighted by atomic mass is 14.2. The summed E-state index contributed by atoms with van der Waals surface area (Å²) < 4.78 is 0. The Morgan fingerprint density at radius 2 is 1.74 bits per heavy atom. The van der Waals surface area contributed by atoms with Gasteiger partial charge in [-0.3, -0.25) is 0 Å². The van der Waals surface area contributed by atoms with Crippen molar-refractivity contribution in [2.75, 3.05) is 0 Å². The van der Waals surface area contributed by atoms with E-state index < -0.39 is 0 Å². The lowest BCUT2D eigenvalue weighted by Crippen LogP contribution is -1.97. The maximum atomic E-state index is 2.31. The molecule has 2 aromatic rings. The maximum Gasteiger partial charge on any atom is 0.0278 e. The predicted octanol–water partition coefficient (Wildman–Crippen LogP) is 5.36. The summed E-state index contributed by atoms with van der Waals surface area (Å²) in [5.74, 6) is 1.09. The number of fused-ring (bicyclic) bond motifs is 1. The first kappa shape index (κ1) is 12.2. The van der Waals surface area contributed by atoms with Crippen molar-refractivity contribution in [3.05, 3.63) is 76.9 Å². The van der Waals surface area contributed by atoms with Crippen LogP contribution in [0.2, 0.25) is 0 Å². The number of rotatable bonds is 3. The highest BCUT2D eigenvalue weighted by Gasteiger charge is 2.18. The lowest BCUT2D eigenvalue weighted by atomic mass is 9.90. The number of benzene rings is 2. The van der Waals surface area contributed by atoms with Gasteiger partial charge in [0.05, 0.1) is 0 Å². The molecule has 0 saturated carbocycles. The molecule has 0 radical (unpaired) electrons. The molecule has 1 aliphatic carbocycles. The molecule has 0 fully saturated rings. The number of hydrogen-bond acceptors (Lipinski definition) is 0. The molecule has 0 saturated heterocycles. The van der Waals surface area contributed by atoms with Gasteiger partial charge in [0, 0.05) is 5.92 Å². The third kappa shape index (κ3) is 2.23. The van der Waals surface area contributed by atoms with E-state index in [1.165, 1.54) is 28.7 Å². The van der Waals surface area contributed by atoms with Gasteiger partial charge in [0.1, 0.15) is 0 Å². The van der Waals surface area contributed by atoms with Gasteiger partial charge in [-0.2, -0.15) is 0 Å². The molecule has 0 aliphatic heterocycles. The van der Waals surface area contributed by atoms with Crippen molar-refractivity contribution >= 4 is 6.08 Å². The second-order valence-electron chi connectivity index (χ2n) is 5.44. The average molecular weight is 248 g/mol. The molecule has 0 N–H and O–H groups in total. The fraction of sp³-hybridized carbons (Fsp3) is 0.263. The first-order chi connectivity index (χ1) is 9.29. The summed E-state index contributed by atoms with van der Waals surface area (Å²) in [4.78, 5) is 0. The second kappa shape index (κ2) is 5.05. The maximum absolute atomic E-state index is 2.31. The fourth-order valence-corrected chi connectivity index (χ4v) is 2.81. The van der Waals surface area contributed by atoms with Crippen molar-refractivity contribution in [3.8, 4) is 0 Å². The van der Waals surface area contributed by atoms with E-state index in [1.54, 1.807) is 0 Å². The van der Waals surface area contributed by atoms with E-state index in [4.69, 9.17) is 0 Å². The van der Waals surface area contributed by atoms with Crippen molar-refractivity contribution in [2.24, 2.45) is 0 Å². The lowest BCUT2D eigenvalue weighted by Gasteiger charge is -2.14. The molecule has 0 nitrogen and oxygen atoms in total. The van der Waals surface area contributed by atoms with E-state index in [1.807, 2.05) is 0 Å². The highest BCUT2D eigenvalue weighted by molar-refractivity contribution is 5.65. The van der Waals surface area contributed by atoms with Gasteiger partial charge < -0.3 is 0 Å². The highest BCUT2D eigenvalue weighted by Crippen LogP contribution is 2.35. The Hall–Kier alpha value is -1.82. The summed E-state index contributed by atoms with van der Waals surface area (Å²) in [6.45, 7) is 4.54. The third-order valence-electron chi connectivity index (χ3n) is 4.28. The SMILES string of the molecule is CCC(C)c1ccc(C2C=Cc3ccccc32)cc1. The van der Waals surface area contributed by atoms with Gasteiger partial charge in [-0.15, -0.1) is 0 Å². The molecule has 0 bridgehead atoms. The zero-order valence-electron chi connectivity index (χ0n) is 11.6. The van der Waals surface area contributed by atoms with Gasteiger partial charge in [0.15, 0.2) is 0 Å². The molecular formula is C19H20. The molecule has 0 heteroatoms. The predicted molar refractivity (Wildman–Crippen MR) is 82.5 cm³/mol. The first-order valence-corrected chi connectivity index (χ1v) is 7.16. The molecule has 2 aromatic carbocycles. The van der Waals surface area contributed by atoms with E-state index in [2.05, 4.69) is 74.5 Å². The van der Waals surface area contributed by atoms with Crippen molar-refractivity contribution in [2.45, 2.75) is 32.1 Å². The molecule has 0 spiro atoms. The summed E-state index contributed by atoms with van der Waals surface area (Å²) in [5, 5.41) is 0. The summed E-state index contributed by atoms with van der Waals surface area (Å²) in [6.07, 6.45) is 5.75. The topological polar surface area (TPSA) is 0 Å². The Balaban J connectivity index is 1.91. The fourth-order valence-electron chi connectivity index (χ4n) is 2.81. The van der Waals surface area contributed by atoms with Crippen LogP contribution in [-0.4, -0.2) is 0 Å². The summed E-state index contributed by atoms with van der Waals surface area (Å²) in [6, 6.07) is 17.8. The van der Waals surface area contributed by atoms with Crippen molar-refractivity contribution in [1.29, 1.82) is 0 Å². The van der Waals surface area contributed by atoms with Crippen LogP contribution in [0, 0.1) is 0 Å². The van der Waals surface area contributed by atoms with Gasteiger partial charge in [0.2, 0.25) is 0 Å². The quantitative estimate of drug-likeness (QED) is 0.686. The minimum absolute atomic E-state index is 0.433. The third-order valence-corrected chi connectivity index (χ3v) is 4.28. The Kier molecular flexibility index (Phi) is 3.25. The summed E-state index contributed by atoms with van der Waals surface area (Å²) in [7, 11) is 0. The van der Waals surface area contributed by atoms with E-state index in [-0.39, 0.29) is 0 Å². The Bertz CT molecular complexity index is 590. The first-order valence-electron chi connectivity index (χ1n) is 7.16. The summed E-state index contributed by atoms with van der Waals surface area (Å²) in [5.41, 5.74) is 5.63. The van der Waals surface area contributed by atoms with Crippen LogP contribution in [0.3, 0.4) is 0 Å². The largest absolute Gasteiger partial charge is 0.0720 e. The van der Waals surface area contributed by atoms with Gasteiger partial charge in [-0.05, 0) is 34.6 Å². The average Bonchev–Trinajstić information content (AvgIpc) is 2.90. The van der Waals surface area contributed by atoms with Gasteiger partial charge in [0.25, 0.3) is 0 Å². The number of allylic oxidation sites excluding steroid dienone is 1. The second-order valence-corrected chi connectivity index (χ2v) is 5.44. The van der Waals surface area contributed by atoms with Crippen LogP contribution in [0.4, 0.5) is 0 Å². The van der Waals surface area contributed by atoms with Crippen molar-refractivity contribution in [1.82, 2.24) is 0 Å². The van der Waals surface area contributed by atoms with Crippen LogP contribution in [0.5, 0.6) is 0 Å². The molecule has 0 aromatic heterocycles. The molecule has 0 heterocycles. The monoisotopic (exact) mass is 248 g/mol. The molecule has 1 aliphatic rings. The smallest absolute Gasteiger partial charge is 0.0278 e. The van der Waals surface area contributed by atoms with E-state index in [0.717, 1.165) is 0 Å². The van der Waals surface area contributed by atoms with E-state index in [9.17, 15) is 0 Å². The van der Waals surface area contributed by atoms with Crippen LogP contribution in [0.15, 0.2) is 54.6 Å². The van der Waals surface area contributed by atoms with Crippen LogP contribution < -0.4 is 0 Å². The van der Waals surface area contributed by atoms with Crippen LogP contribution in [0.25, 0.3) is 6.08 Å². The Morgan fingerprint density at radius 3 is 2.47 bits per heavy atom. The molecule has 2 atom stereocenters. The normalized spacial score (nSPS) is 18.3. The lowest BCUT2D eigenvalue weighted by molar-refractivity contribution is 0.733. The van der Waals surface area contributed by atoms with E-state index in [0.29, 0.717) is 11.8 Å². The van der Waals surface area contributed by atoms with Gasteiger partial charge >= 0.3 is 0 Å².